The van der Waals surface area contributed by atoms with Crippen LogP contribution < -0.4 is 0 Å². The molecule has 0 fully saturated rings. The van der Waals surface area contributed by atoms with E-state index in [1.165, 1.54) is 0 Å². The topological polar surface area (TPSA) is 61.2 Å². The molecule has 0 atom stereocenters. The van der Waals surface area contributed by atoms with E-state index in [2.05, 4.69) is 4.57 Å². The van der Waals surface area contributed by atoms with Crippen molar-refractivity contribution in [2.75, 3.05) is 0 Å². The number of furan rings is 1. The Morgan fingerprint density at radius 2 is 1.75 bits per heavy atom. The fourth-order valence-electron chi connectivity index (χ4n) is 2.93. The van der Waals surface area contributed by atoms with E-state index < -0.39 is 4.92 Å². The molecular formula is C19H14N2O3. The third-order valence-corrected chi connectivity index (χ3v) is 3.99. The lowest BCUT2D eigenvalue weighted by molar-refractivity contribution is -0.400. The van der Waals surface area contributed by atoms with Gasteiger partial charge in [0, 0.05) is 24.3 Å². The van der Waals surface area contributed by atoms with Gasteiger partial charge in [0.25, 0.3) is 0 Å². The molecule has 0 bridgehead atoms. The summed E-state index contributed by atoms with van der Waals surface area (Å²) < 4.78 is 7.55. The summed E-state index contributed by atoms with van der Waals surface area (Å²) in [5.74, 6) is -0.214. The van der Waals surface area contributed by atoms with Gasteiger partial charge in [0.2, 0.25) is 0 Å². The van der Waals surface area contributed by atoms with E-state index in [1.54, 1.807) is 6.07 Å². The van der Waals surface area contributed by atoms with Crippen molar-refractivity contribution in [3.63, 3.8) is 0 Å². The van der Waals surface area contributed by atoms with Crippen LogP contribution in [0.4, 0.5) is 5.88 Å². The number of fused-ring (bicyclic) bond motifs is 1. The lowest BCUT2D eigenvalue weighted by atomic mass is 10.0. The van der Waals surface area contributed by atoms with Gasteiger partial charge in [-0.1, -0.05) is 36.4 Å². The van der Waals surface area contributed by atoms with Crippen molar-refractivity contribution in [2.45, 2.75) is 6.54 Å². The summed E-state index contributed by atoms with van der Waals surface area (Å²) in [5.41, 5.74) is 2.90. The molecule has 118 valence electrons. The lowest BCUT2D eigenvalue weighted by Crippen LogP contribution is -1.95. The van der Waals surface area contributed by atoms with Crippen LogP contribution in [0.2, 0.25) is 0 Å². The van der Waals surface area contributed by atoms with E-state index in [-0.39, 0.29) is 5.88 Å². The van der Waals surface area contributed by atoms with Crippen molar-refractivity contribution in [3.05, 3.63) is 88.7 Å². The minimum atomic E-state index is -0.464. The van der Waals surface area contributed by atoms with Gasteiger partial charge >= 0.3 is 5.88 Å². The van der Waals surface area contributed by atoms with Crippen molar-refractivity contribution in [2.24, 2.45) is 0 Å². The molecule has 0 radical (unpaired) electrons. The number of nitrogens with zero attached hydrogens (tertiary/aromatic N) is 2. The van der Waals surface area contributed by atoms with Gasteiger partial charge < -0.3 is 8.98 Å². The van der Waals surface area contributed by atoms with Crippen LogP contribution in [0.1, 0.15) is 5.56 Å². The predicted octanol–water partition coefficient (Wildman–Crippen LogP) is 4.86. The molecule has 0 aliphatic heterocycles. The van der Waals surface area contributed by atoms with Crippen molar-refractivity contribution in [1.29, 1.82) is 0 Å². The average Bonchev–Trinajstić information content (AvgIpc) is 3.22. The van der Waals surface area contributed by atoms with Gasteiger partial charge in [0.05, 0.1) is 0 Å². The van der Waals surface area contributed by atoms with Crippen LogP contribution >= 0.6 is 0 Å². The fourth-order valence-corrected chi connectivity index (χ4v) is 2.93. The first kappa shape index (κ1) is 14.3. The molecule has 0 unspecified atom stereocenters. The van der Waals surface area contributed by atoms with Gasteiger partial charge in [-0.3, -0.25) is 10.1 Å². The molecule has 2 heterocycles. The summed E-state index contributed by atoms with van der Waals surface area (Å²) in [6.45, 7) is 0.705. The van der Waals surface area contributed by atoms with Crippen LogP contribution in [0, 0.1) is 10.1 Å². The Balaban J connectivity index is 1.90. The third-order valence-electron chi connectivity index (χ3n) is 3.99. The maximum absolute atomic E-state index is 11.4. The highest BCUT2D eigenvalue weighted by Crippen LogP contribution is 2.40. The van der Waals surface area contributed by atoms with E-state index >= 15 is 0 Å². The summed E-state index contributed by atoms with van der Waals surface area (Å²) >= 11 is 0. The van der Waals surface area contributed by atoms with E-state index in [1.807, 2.05) is 67.0 Å². The molecule has 0 aliphatic rings. The van der Waals surface area contributed by atoms with Gasteiger partial charge in [0.15, 0.2) is 0 Å². The zero-order chi connectivity index (χ0) is 16.5. The molecule has 4 rings (SSSR count). The highest BCUT2D eigenvalue weighted by atomic mass is 16.6. The lowest BCUT2D eigenvalue weighted by Gasteiger charge is -2.04. The zero-order valence-electron chi connectivity index (χ0n) is 12.8. The predicted molar refractivity (Wildman–Crippen MR) is 91.8 cm³/mol. The standard InChI is InChI=1S/C19H14N2O3/c22-21(23)19-18(15-6-2-1-3-7-15)16-12-14(8-9-17(16)24-19)13-20-10-4-5-11-20/h1-12H,13H2. The number of hydrogen-bond donors (Lipinski definition) is 0. The van der Waals surface area contributed by atoms with Crippen molar-refractivity contribution >= 4 is 16.9 Å². The molecule has 0 saturated carbocycles. The zero-order valence-corrected chi connectivity index (χ0v) is 12.8. The number of hydrogen-bond acceptors (Lipinski definition) is 3. The van der Waals surface area contributed by atoms with E-state index in [0.29, 0.717) is 17.7 Å². The normalized spacial score (nSPS) is 11.0. The highest BCUT2D eigenvalue weighted by molar-refractivity contribution is 5.98. The van der Waals surface area contributed by atoms with Crippen LogP contribution in [0.5, 0.6) is 0 Å². The van der Waals surface area contributed by atoms with Gasteiger partial charge in [-0.15, -0.1) is 0 Å². The smallest absolute Gasteiger partial charge is 0.400 e. The van der Waals surface area contributed by atoms with E-state index in [4.69, 9.17) is 4.42 Å². The van der Waals surface area contributed by atoms with Crippen LogP contribution in [0.25, 0.3) is 22.1 Å². The number of benzene rings is 2. The third kappa shape index (κ3) is 2.46. The second-order valence-corrected chi connectivity index (χ2v) is 5.59. The molecule has 0 spiro atoms. The molecule has 0 amide bonds. The Kier molecular flexibility index (Phi) is 3.39. The second-order valence-electron chi connectivity index (χ2n) is 5.59. The SMILES string of the molecule is O=[N+]([O-])c1oc2ccc(Cn3cccc3)cc2c1-c1ccccc1. The Labute approximate surface area is 137 Å². The first-order chi connectivity index (χ1) is 11.7. The first-order valence-corrected chi connectivity index (χ1v) is 7.58. The van der Waals surface area contributed by atoms with Crippen molar-refractivity contribution in [1.82, 2.24) is 4.57 Å². The van der Waals surface area contributed by atoms with Gasteiger partial charge in [-0.05, 0) is 35.4 Å². The molecule has 5 nitrogen and oxygen atoms in total. The number of aromatic nitrogens is 1. The summed E-state index contributed by atoms with van der Waals surface area (Å²) in [6, 6.07) is 19.0. The monoisotopic (exact) mass is 318 g/mol. The Morgan fingerprint density at radius 1 is 1.00 bits per heavy atom. The number of nitro groups is 1. The molecule has 0 saturated heterocycles. The second kappa shape index (κ2) is 5.70. The van der Waals surface area contributed by atoms with E-state index in [0.717, 1.165) is 16.5 Å². The van der Waals surface area contributed by atoms with Crippen LogP contribution in [0.3, 0.4) is 0 Å². The maximum Gasteiger partial charge on any atom is 0.442 e. The van der Waals surface area contributed by atoms with Gasteiger partial charge in [0.1, 0.15) is 16.1 Å². The Hall–Kier alpha value is -3.34. The largest absolute Gasteiger partial charge is 0.442 e. The Morgan fingerprint density at radius 3 is 2.46 bits per heavy atom. The van der Waals surface area contributed by atoms with Crippen molar-refractivity contribution < 1.29 is 9.34 Å². The molecule has 0 aliphatic carbocycles. The first-order valence-electron chi connectivity index (χ1n) is 7.58. The fraction of sp³-hybridized carbons (Fsp3) is 0.0526. The van der Waals surface area contributed by atoms with Crippen molar-refractivity contribution in [3.8, 4) is 11.1 Å². The van der Waals surface area contributed by atoms with Crippen LogP contribution in [0.15, 0.2) is 77.5 Å². The molecule has 5 heteroatoms. The van der Waals surface area contributed by atoms with Crippen LogP contribution in [-0.2, 0) is 6.54 Å². The quantitative estimate of drug-likeness (QED) is 0.399. The van der Waals surface area contributed by atoms with Gasteiger partial charge in [-0.25, -0.2) is 0 Å². The Bertz CT molecular complexity index is 1000. The minimum absolute atomic E-state index is 0.214. The van der Waals surface area contributed by atoms with Crippen LogP contribution in [-0.4, -0.2) is 9.49 Å². The average molecular weight is 318 g/mol. The highest BCUT2D eigenvalue weighted by Gasteiger charge is 2.25. The molecule has 2 aromatic heterocycles. The van der Waals surface area contributed by atoms with E-state index in [9.17, 15) is 10.1 Å². The molecule has 4 aromatic rings. The minimum Gasteiger partial charge on any atom is -0.400 e. The summed E-state index contributed by atoms with van der Waals surface area (Å²) in [7, 11) is 0. The molecular weight excluding hydrogens is 304 g/mol. The maximum atomic E-state index is 11.4. The molecule has 2 aromatic carbocycles. The number of rotatable bonds is 4. The molecule has 24 heavy (non-hydrogen) atoms. The summed E-state index contributed by atoms with van der Waals surface area (Å²) in [6.07, 6.45) is 3.97. The molecule has 0 N–H and O–H groups in total. The van der Waals surface area contributed by atoms with Gasteiger partial charge in [-0.2, -0.15) is 0 Å². The summed E-state index contributed by atoms with van der Waals surface area (Å²) in [5, 5.41) is 12.2. The summed E-state index contributed by atoms with van der Waals surface area (Å²) in [4.78, 5) is 10.9.